The van der Waals surface area contributed by atoms with Crippen molar-refractivity contribution in [1.29, 1.82) is 0 Å². The van der Waals surface area contributed by atoms with E-state index >= 15 is 0 Å². The first kappa shape index (κ1) is 29.3. The highest BCUT2D eigenvalue weighted by Gasteiger charge is 2.45. The van der Waals surface area contributed by atoms with Crippen LogP contribution in [0.5, 0.6) is 11.5 Å². The Bertz CT molecular complexity index is 2670. The van der Waals surface area contributed by atoms with Gasteiger partial charge in [0.1, 0.15) is 22.7 Å². The molecule has 1 aromatic heterocycles. The lowest BCUT2D eigenvalue weighted by Crippen LogP contribution is -2.34. The molecule has 10 rings (SSSR count). The fraction of sp³-hybridized carbons (Fsp3) is 0.0204. The molecule has 0 saturated carbocycles. The summed E-state index contributed by atoms with van der Waals surface area (Å²) in [5, 5.41) is 2.25. The summed E-state index contributed by atoms with van der Waals surface area (Å²) < 4.78 is 13.4. The summed E-state index contributed by atoms with van der Waals surface area (Å²) in [6.07, 6.45) is 0. The highest BCUT2D eigenvalue weighted by Crippen LogP contribution is 2.56. The van der Waals surface area contributed by atoms with Gasteiger partial charge in [-0.05, 0) is 75.3 Å². The van der Waals surface area contributed by atoms with Gasteiger partial charge < -0.3 is 9.15 Å². The minimum Gasteiger partial charge on any atom is -0.457 e. The topological polar surface area (TPSA) is 22.4 Å². The van der Waals surface area contributed by atoms with Gasteiger partial charge in [-0.1, -0.05) is 158 Å². The zero-order valence-electron chi connectivity index (χ0n) is 27.8. The zero-order chi connectivity index (χ0) is 33.8. The molecular formula is C49H32O2. The highest BCUT2D eigenvalue weighted by atomic mass is 16.5. The summed E-state index contributed by atoms with van der Waals surface area (Å²) in [4.78, 5) is 0. The maximum atomic E-state index is 6.84. The Labute approximate surface area is 296 Å². The molecule has 8 aromatic carbocycles. The summed E-state index contributed by atoms with van der Waals surface area (Å²) in [6.45, 7) is 0. The predicted octanol–water partition coefficient (Wildman–Crippen LogP) is 13.1. The molecule has 1 aliphatic heterocycles. The first-order valence-electron chi connectivity index (χ1n) is 17.4. The van der Waals surface area contributed by atoms with Crippen molar-refractivity contribution in [3.05, 3.63) is 216 Å². The Hall–Kier alpha value is -6.64. The van der Waals surface area contributed by atoms with Gasteiger partial charge in [-0.25, -0.2) is 0 Å². The van der Waals surface area contributed by atoms with E-state index in [-0.39, 0.29) is 0 Å². The van der Waals surface area contributed by atoms with Crippen molar-refractivity contribution in [2.24, 2.45) is 0 Å². The summed E-state index contributed by atoms with van der Waals surface area (Å²) in [5.41, 5.74) is 12.6. The van der Waals surface area contributed by atoms with Gasteiger partial charge in [0, 0.05) is 27.5 Å². The van der Waals surface area contributed by atoms with Crippen molar-refractivity contribution < 1.29 is 9.15 Å². The molecule has 1 aliphatic rings. The Kier molecular flexibility index (Phi) is 6.75. The Balaban J connectivity index is 1.21. The number of para-hydroxylation sites is 3. The molecule has 2 heterocycles. The third-order valence-electron chi connectivity index (χ3n) is 10.4. The van der Waals surface area contributed by atoms with E-state index in [1.54, 1.807) is 0 Å². The van der Waals surface area contributed by atoms with E-state index in [0.29, 0.717) is 0 Å². The number of hydrogen-bond acceptors (Lipinski definition) is 2. The lowest BCUT2D eigenvalue weighted by atomic mass is 9.63. The average Bonchev–Trinajstić information content (AvgIpc) is 3.60. The van der Waals surface area contributed by atoms with Crippen LogP contribution >= 0.6 is 0 Å². The summed E-state index contributed by atoms with van der Waals surface area (Å²) >= 11 is 0. The Morgan fingerprint density at radius 2 is 0.941 bits per heavy atom. The van der Waals surface area contributed by atoms with E-state index in [4.69, 9.17) is 9.15 Å². The van der Waals surface area contributed by atoms with Crippen molar-refractivity contribution in [3.63, 3.8) is 0 Å². The van der Waals surface area contributed by atoms with Crippen molar-refractivity contribution in [2.75, 3.05) is 0 Å². The number of hydrogen-bond donors (Lipinski definition) is 0. The van der Waals surface area contributed by atoms with Crippen molar-refractivity contribution >= 4 is 21.9 Å². The second-order valence-electron chi connectivity index (χ2n) is 13.2. The standard InChI is InChI=1S/C49H32O2/c1-4-15-33(16-5-1)35-29-36(31-37(30-35)40-22-14-23-42-41-21-10-12-25-45(41)51-48(40)42)34-27-28-44-47(32-34)50-46-26-13-11-24-43(46)49(44,38-17-6-2-7-18-38)39-19-8-3-9-20-39/h1-32H. The fourth-order valence-corrected chi connectivity index (χ4v) is 8.11. The van der Waals surface area contributed by atoms with Gasteiger partial charge in [-0.2, -0.15) is 0 Å². The molecule has 0 radical (unpaired) electrons. The van der Waals surface area contributed by atoms with Gasteiger partial charge in [0.05, 0.1) is 5.41 Å². The summed E-state index contributed by atoms with van der Waals surface area (Å²) in [7, 11) is 0. The van der Waals surface area contributed by atoms with Crippen molar-refractivity contribution in [1.82, 2.24) is 0 Å². The van der Waals surface area contributed by atoms with E-state index < -0.39 is 5.41 Å². The molecule has 0 saturated heterocycles. The lowest BCUT2D eigenvalue weighted by molar-refractivity contribution is 0.435. The molecule has 9 aromatic rings. The van der Waals surface area contributed by atoms with Crippen LogP contribution in [0.15, 0.2) is 199 Å². The van der Waals surface area contributed by atoms with E-state index in [9.17, 15) is 0 Å². The zero-order valence-corrected chi connectivity index (χ0v) is 27.8. The molecule has 2 heteroatoms. The van der Waals surface area contributed by atoms with Crippen LogP contribution in [0.3, 0.4) is 0 Å². The SMILES string of the molecule is c1ccc(-c2cc(-c3ccc4c(c3)Oc3ccccc3C4(c3ccccc3)c3ccccc3)cc(-c3cccc4c3oc3ccccc34)c2)cc1. The van der Waals surface area contributed by atoms with E-state index in [1.807, 2.05) is 12.1 Å². The normalized spacial score (nSPS) is 13.0. The summed E-state index contributed by atoms with van der Waals surface area (Å²) in [6, 6.07) is 69.0. The largest absolute Gasteiger partial charge is 0.457 e. The molecule has 240 valence electrons. The van der Waals surface area contributed by atoms with Crippen LogP contribution < -0.4 is 4.74 Å². The van der Waals surface area contributed by atoms with Gasteiger partial charge in [0.25, 0.3) is 0 Å². The van der Waals surface area contributed by atoms with Gasteiger partial charge in [-0.3, -0.25) is 0 Å². The number of furan rings is 1. The van der Waals surface area contributed by atoms with Crippen LogP contribution in [-0.4, -0.2) is 0 Å². The third kappa shape index (κ3) is 4.65. The molecule has 0 N–H and O–H groups in total. The van der Waals surface area contributed by atoms with Crippen molar-refractivity contribution in [3.8, 4) is 44.9 Å². The first-order valence-corrected chi connectivity index (χ1v) is 17.4. The van der Waals surface area contributed by atoms with Crippen LogP contribution in [0.25, 0.3) is 55.3 Å². The van der Waals surface area contributed by atoms with Gasteiger partial charge >= 0.3 is 0 Å². The number of benzene rings is 8. The molecule has 0 aliphatic carbocycles. The fourth-order valence-electron chi connectivity index (χ4n) is 8.11. The maximum Gasteiger partial charge on any atom is 0.143 e. The molecule has 0 atom stereocenters. The second-order valence-corrected chi connectivity index (χ2v) is 13.2. The minimum atomic E-state index is -0.556. The average molecular weight is 653 g/mol. The predicted molar refractivity (Wildman–Crippen MR) is 208 cm³/mol. The first-order chi connectivity index (χ1) is 25.3. The van der Waals surface area contributed by atoms with Crippen molar-refractivity contribution in [2.45, 2.75) is 5.41 Å². The van der Waals surface area contributed by atoms with Gasteiger partial charge in [0.2, 0.25) is 0 Å². The molecule has 0 bridgehead atoms. The number of fused-ring (bicyclic) bond motifs is 5. The Morgan fingerprint density at radius 3 is 1.71 bits per heavy atom. The Morgan fingerprint density at radius 1 is 0.353 bits per heavy atom. The van der Waals surface area contributed by atoms with E-state index in [2.05, 4.69) is 182 Å². The molecule has 2 nitrogen and oxygen atoms in total. The molecule has 0 fully saturated rings. The smallest absolute Gasteiger partial charge is 0.143 e. The monoisotopic (exact) mass is 652 g/mol. The third-order valence-corrected chi connectivity index (χ3v) is 10.4. The van der Waals surface area contributed by atoms with Gasteiger partial charge in [0.15, 0.2) is 0 Å². The molecule has 0 spiro atoms. The maximum absolute atomic E-state index is 6.84. The van der Waals surface area contributed by atoms with E-state index in [1.165, 1.54) is 11.1 Å². The molecule has 0 unspecified atom stereocenters. The van der Waals surface area contributed by atoms with Crippen LogP contribution in [0.4, 0.5) is 0 Å². The number of rotatable bonds is 5. The highest BCUT2D eigenvalue weighted by molar-refractivity contribution is 6.09. The molecular weight excluding hydrogens is 621 g/mol. The minimum absolute atomic E-state index is 0.556. The molecule has 0 amide bonds. The van der Waals surface area contributed by atoms with E-state index in [0.717, 1.165) is 77.9 Å². The summed E-state index contributed by atoms with van der Waals surface area (Å²) in [5.74, 6) is 1.72. The number of ether oxygens (including phenoxy) is 1. The van der Waals surface area contributed by atoms with Crippen LogP contribution in [-0.2, 0) is 5.41 Å². The van der Waals surface area contributed by atoms with Crippen LogP contribution in [0.2, 0.25) is 0 Å². The lowest BCUT2D eigenvalue weighted by Gasteiger charge is -2.41. The second kappa shape index (κ2) is 11.8. The van der Waals surface area contributed by atoms with Gasteiger partial charge in [-0.15, -0.1) is 0 Å². The quantitative estimate of drug-likeness (QED) is 0.185. The van der Waals surface area contributed by atoms with Crippen LogP contribution in [0, 0.1) is 0 Å². The van der Waals surface area contributed by atoms with Crippen LogP contribution in [0.1, 0.15) is 22.3 Å². The molecule has 51 heavy (non-hydrogen) atoms.